The Balaban J connectivity index is 1.50. The topological polar surface area (TPSA) is 123 Å². The summed E-state index contributed by atoms with van der Waals surface area (Å²) in [6, 6.07) is 9.79. The number of nitrogens with zero attached hydrogens (tertiary/aromatic N) is 3. The number of halogens is 1. The molecule has 11 heteroatoms. The number of aromatic amines is 1. The van der Waals surface area contributed by atoms with E-state index in [1.54, 1.807) is 6.92 Å². The Kier molecular flexibility index (Phi) is 7.50. The smallest absolute Gasteiger partial charge is 0.347 e. The summed E-state index contributed by atoms with van der Waals surface area (Å²) in [5.41, 5.74) is 2.38. The van der Waals surface area contributed by atoms with E-state index in [4.69, 9.17) is 11.6 Å². The van der Waals surface area contributed by atoms with E-state index in [0.29, 0.717) is 48.5 Å². The SMILES string of the molecule is CCc1[nH]c(C(=O)NC2CCN(c3nc(C)c(C(=O)O)s3)CC2NCc2ccccc2)nc1Cl. The van der Waals surface area contributed by atoms with Crippen LogP contribution in [0.25, 0.3) is 0 Å². The highest BCUT2D eigenvalue weighted by Gasteiger charge is 2.33. The van der Waals surface area contributed by atoms with Gasteiger partial charge in [0.15, 0.2) is 16.1 Å². The molecule has 2 unspecified atom stereocenters. The number of benzene rings is 1. The predicted molar refractivity (Wildman–Crippen MR) is 132 cm³/mol. The molecule has 180 valence electrons. The van der Waals surface area contributed by atoms with Crippen molar-refractivity contribution in [3.63, 3.8) is 0 Å². The van der Waals surface area contributed by atoms with Crippen molar-refractivity contribution in [2.45, 2.75) is 45.3 Å². The largest absolute Gasteiger partial charge is 0.477 e. The van der Waals surface area contributed by atoms with Crippen LogP contribution in [0.15, 0.2) is 30.3 Å². The molecule has 4 rings (SSSR count). The van der Waals surface area contributed by atoms with Crippen LogP contribution in [0.1, 0.15) is 50.6 Å². The number of hydrogen-bond acceptors (Lipinski definition) is 7. The summed E-state index contributed by atoms with van der Waals surface area (Å²) in [6.45, 7) is 5.50. The highest BCUT2D eigenvalue weighted by Crippen LogP contribution is 2.28. The minimum Gasteiger partial charge on any atom is -0.477 e. The summed E-state index contributed by atoms with van der Waals surface area (Å²) in [4.78, 5) is 38.3. The lowest BCUT2D eigenvalue weighted by atomic mass is 9.99. The first-order valence-corrected chi connectivity index (χ1v) is 12.3. The number of thiazole rings is 1. The van der Waals surface area contributed by atoms with Crippen LogP contribution < -0.4 is 15.5 Å². The molecule has 1 aromatic carbocycles. The second kappa shape index (κ2) is 10.5. The lowest BCUT2D eigenvalue weighted by Crippen LogP contribution is -2.59. The molecule has 0 radical (unpaired) electrons. The highest BCUT2D eigenvalue weighted by atomic mass is 35.5. The fraction of sp³-hybridized carbons (Fsp3) is 0.391. The summed E-state index contributed by atoms with van der Waals surface area (Å²) in [5.74, 6) is -1.07. The van der Waals surface area contributed by atoms with Gasteiger partial charge in [-0.15, -0.1) is 0 Å². The molecule has 1 saturated heterocycles. The fourth-order valence-corrected chi connectivity index (χ4v) is 5.24. The quantitative estimate of drug-likeness (QED) is 0.373. The molecular formula is C23H27ClN6O3S. The molecule has 0 aliphatic carbocycles. The third kappa shape index (κ3) is 5.40. The van der Waals surface area contributed by atoms with Gasteiger partial charge in [0.05, 0.1) is 11.4 Å². The molecule has 0 saturated carbocycles. The van der Waals surface area contributed by atoms with Gasteiger partial charge in [-0.05, 0) is 25.3 Å². The van der Waals surface area contributed by atoms with Gasteiger partial charge in [0, 0.05) is 31.7 Å². The molecule has 2 aromatic heterocycles. The molecule has 4 N–H and O–H groups in total. The monoisotopic (exact) mass is 502 g/mol. The molecule has 9 nitrogen and oxygen atoms in total. The third-order valence-electron chi connectivity index (χ3n) is 5.89. The highest BCUT2D eigenvalue weighted by molar-refractivity contribution is 7.17. The van der Waals surface area contributed by atoms with Gasteiger partial charge >= 0.3 is 5.97 Å². The van der Waals surface area contributed by atoms with Crippen molar-refractivity contribution in [2.24, 2.45) is 0 Å². The normalized spacial score (nSPS) is 18.1. The number of piperidine rings is 1. The van der Waals surface area contributed by atoms with E-state index in [-0.39, 0.29) is 28.7 Å². The van der Waals surface area contributed by atoms with E-state index >= 15 is 0 Å². The van der Waals surface area contributed by atoms with Crippen molar-refractivity contribution >= 4 is 39.9 Å². The number of carbonyl (C=O) groups is 2. The van der Waals surface area contributed by atoms with Crippen molar-refractivity contribution in [2.75, 3.05) is 18.0 Å². The number of carbonyl (C=O) groups excluding carboxylic acids is 1. The lowest BCUT2D eigenvalue weighted by Gasteiger charge is -2.39. The van der Waals surface area contributed by atoms with Crippen molar-refractivity contribution < 1.29 is 14.7 Å². The van der Waals surface area contributed by atoms with Gasteiger partial charge < -0.3 is 25.6 Å². The van der Waals surface area contributed by atoms with Crippen LogP contribution in [0.5, 0.6) is 0 Å². The number of H-pyrrole nitrogens is 1. The molecule has 0 spiro atoms. The number of amides is 1. The number of nitrogens with one attached hydrogen (secondary N) is 3. The van der Waals surface area contributed by atoms with Crippen LogP contribution in [0.3, 0.4) is 0 Å². The van der Waals surface area contributed by atoms with Crippen LogP contribution in [0, 0.1) is 6.92 Å². The summed E-state index contributed by atoms with van der Waals surface area (Å²) in [5, 5.41) is 17.1. The Labute approximate surface area is 206 Å². The summed E-state index contributed by atoms with van der Waals surface area (Å²) in [6.07, 6.45) is 1.32. The van der Waals surface area contributed by atoms with Crippen LogP contribution in [0.4, 0.5) is 5.13 Å². The Morgan fingerprint density at radius 1 is 1.26 bits per heavy atom. The summed E-state index contributed by atoms with van der Waals surface area (Å²) in [7, 11) is 0. The average molecular weight is 503 g/mol. The minimum atomic E-state index is -0.967. The average Bonchev–Trinajstić information content (AvgIpc) is 3.41. The molecule has 3 aromatic rings. The number of carboxylic acid groups (broad SMARTS) is 1. The minimum absolute atomic E-state index is 0.0912. The number of anilines is 1. The number of carboxylic acids is 1. The van der Waals surface area contributed by atoms with Crippen LogP contribution in [-0.2, 0) is 13.0 Å². The number of aromatic carboxylic acids is 1. The number of aryl methyl sites for hydroxylation is 2. The van der Waals surface area contributed by atoms with Gasteiger partial charge in [-0.2, -0.15) is 0 Å². The van der Waals surface area contributed by atoms with E-state index in [9.17, 15) is 14.7 Å². The first-order chi connectivity index (χ1) is 16.4. The van der Waals surface area contributed by atoms with Gasteiger partial charge in [-0.25, -0.2) is 14.8 Å². The number of hydrogen-bond donors (Lipinski definition) is 4. The second-order valence-electron chi connectivity index (χ2n) is 8.21. The molecule has 1 aliphatic heterocycles. The van der Waals surface area contributed by atoms with Crippen molar-refractivity contribution in [1.82, 2.24) is 25.6 Å². The van der Waals surface area contributed by atoms with Gasteiger partial charge in [0.25, 0.3) is 5.91 Å². The Hall–Kier alpha value is -2.95. The van der Waals surface area contributed by atoms with Crippen molar-refractivity contribution in [1.29, 1.82) is 0 Å². The molecule has 1 fully saturated rings. The Morgan fingerprint density at radius 3 is 2.68 bits per heavy atom. The summed E-state index contributed by atoms with van der Waals surface area (Å²) >= 11 is 7.29. The zero-order valence-corrected chi connectivity index (χ0v) is 20.5. The second-order valence-corrected chi connectivity index (χ2v) is 9.55. The molecule has 0 bridgehead atoms. The molecule has 34 heavy (non-hydrogen) atoms. The van der Waals surface area contributed by atoms with Crippen molar-refractivity contribution in [3.05, 3.63) is 63.1 Å². The number of aromatic nitrogens is 3. The van der Waals surface area contributed by atoms with E-state index in [2.05, 4.69) is 30.5 Å². The van der Waals surface area contributed by atoms with E-state index < -0.39 is 5.97 Å². The van der Waals surface area contributed by atoms with Gasteiger partial charge in [0.2, 0.25) is 0 Å². The Morgan fingerprint density at radius 2 is 2.03 bits per heavy atom. The maximum atomic E-state index is 12.9. The summed E-state index contributed by atoms with van der Waals surface area (Å²) < 4.78 is 0. The van der Waals surface area contributed by atoms with Gasteiger partial charge in [-0.1, -0.05) is 60.2 Å². The number of rotatable bonds is 8. The van der Waals surface area contributed by atoms with Crippen LogP contribution >= 0.6 is 22.9 Å². The molecular weight excluding hydrogens is 476 g/mol. The maximum Gasteiger partial charge on any atom is 0.347 e. The first kappa shape index (κ1) is 24.2. The van der Waals surface area contributed by atoms with E-state index in [1.807, 2.05) is 37.3 Å². The van der Waals surface area contributed by atoms with Gasteiger partial charge in [-0.3, -0.25) is 4.79 Å². The number of imidazole rings is 1. The van der Waals surface area contributed by atoms with E-state index in [0.717, 1.165) is 11.3 Å². The Bertz CT molecular complexity index is 1160. The molecule has 1 amide bonds. The lowest BCUT2D eigenvalue weighted by molar-refractivity contribution is 0.0700. The van der Waals surface area contributed by atoms with Crippen LogP contribution in [0.2, 0.25) is 5.15 Å². The molecule has 2 atom stereocenters. The zero-order chi connectivity index (χ0) is 24.2. The van der Waals surface area contributed by atoms with Gasteiger partial charge in [0.1, 0.15) is 4.88 Å². The molecule has 1 aliphatic rings. The van der Waals surface area contributed by atoms with E-state index in [1.165, 1.54) is 11.3 Å². The predicted octanol–water partition coefficient (Wildman–Crippen LogP) is 3.26. The zero-order valence-electron chi connectivity index (χ0n) is 19.0. The van der Waals surface area contributed by atoms with Crippen LogP contribution in [-0.4, -0.2) is 57.1 Å². The maximum absolute atomic E-state index is 12.9. The molecule has 3 heterocycles. The fourth-order valence-electron chi connectivity index (χ4n) is 4.03. The third-order valence-corrected chi connectivity index (χ3v) is 7.41. The standard InChI is InChI=1S/C23H27ClN6O3S/c1-3-15-19(24)29-20(27-15)21(31)28-16-9-10-30(23-26-13(2)18(34-23)22(32)33)12-17(16)25-11-14-7-5-4-6-8-14/h4-8,16-17,25H,3,9-12H2,1-2H3,(H,27,29)(H,28,31)(H,32,33). The first-order valence-electron chi connectivity index (χ1n) is 11.1. The van der Waals surface area contributed by atoms with Crippen molar-refractivity contribution in [3.8, 4) is 0 Å².